The number of nitrogens with zero attached hydrogens (tertiary/aromatic N) is 5. The summed E-state index contributed by atoms with van der Waals surface area (Å²) in [7, 11) is 3.27. The van der Waals surface area contributed by atoms with Gasteiger partial charge in [-0.2, -0.15) is 22.6 Å². The molecule has 1 aromatic carbocycles. The van der Waals surface area contributed by atoms with E-state index in [4.69, 9.17) is 4.74 Å². The second kappa shape index (κ2) is 11.7. The molecule has 36 heavy (non-hydrogen) atoms. The van der Waals surface area contributed by atoms with Gasteiger partial charge in [-0.05, 0) is 30.0 Å². The van der Waals surface area contributed by atoms with Crippen LogP contribution in [0.5, 0.6) is 11.6 Å². The predicted molar refractivity (Wildman–Crippen MR) is 136 cm³/mol. The minimum Gasteiger partial charge on any atom is -0.480 e. The highest BCUT2D eigenvalue weighted by molar-refractivity contribution is 7.98. The van der Waals surface area contributed by atoms with Crippen LogP contribution in [0.3, 0.4) is 0 Å². The first kappa shape index (κ1) is 26.7. The van der Waals surface area contributed by atoms with Gasteiger partial charge in [0.25, 0.3) is 0 Å². The average Bonchev–Trinajstić information content (AvgIpc) is 3.36. The Balaban J connectivity index is 2.11. The van der Waals surface area contributed by atoms with Gasteiger partial charge in [-0.1, -0.05) is 11.8 Å². The fourth-order valence-electron chi connectivity index (χ4n) is 3.02. The molecule has 1 amide bonds. The van der Waals surface area contributed by atoms with Crippen molar-refractivity contribution in [2.75, 3.05) is 31.4 Å². The lowest BCUT2D eigenvalue weighted by atomic mass is 10.1. The Hall–Kier alpha value is -3.85. The van der Waals surface area contributed by atoms with E-state index in [0.29, 0.717) is 17.0 Å². The third-order valence-electron chi connectivity index (χ3n) is 4.79. The van der Waals surface area contributed by atoms with E-state index in [2.05, 4.69) is 37.9 Å². The van der Waals surface area contributed by atoms with Crippen LogP contribution < -0.4 is 10.1 Å². The van der Waals surface area contributed by atoms with E-state index in [-0.39, 0.29) is 34.8 Å². The van der Waals surface area contributed by atoms with E-state index in [0.717, 1.165) is 11.8 Å². The quantitative estimate of drug-likeness (QED) is 0.0937. The molecule has 0 spiro atoms. The number of carbonyl (C=O) groups is 2. The van der Waals surface area contributed by atoms with Crippen LogP contribution in [-0.4, -0.2) is 78.9 Å². The Morgan fingerprint density at radius 2 is 2.08 bits per heavy atom. The van der Waals surface area contributed by atoms with E-state index in [1.165, 1.54) is 4.90 Å². The number of nitrogens with one attached hydrogen (secondary N) is 2. The van der Waals surface area contributed by atoms with E-state index in [1.807, 2.05) is 0 Å². The van der Waals surface area contributed by atoms with Gasteiger partial charge in [-0.3, -0.25) is 14.9 Å². The van der Waals surface area contributed by atoms with Crippen molar-refractivity contribution in [3.63, 3.8) is 0 Å². The van der Waals surface area contributed by atoms with Gasteiger partial charge in [-0.15, -0.1) is 0 Å². The smallest absolute Gasteiger partial charge is 0.373 e. The molecule has 3 aromatic rings. The summed E-state index contributed by atoms with van der Waals surface area (Å²) in [5.41, 5.74) is 0.522. The molecule has 3 rings (SSSR count). The number of benzene rings is 1. The number of nitro groups is 1. The number of likely N-dealkylation sites (N-methyl/N-ethyl adjacent to an activating group) is 1. The first-order chi connectivity index (χ1) is 17.1. The molecule has 13 nitrogen and oxygen atoms in total. The van der Waals surface area contributed by atoms with Crippen molar-refractivity contribution in [3.05, 3.63) is 46.3 Å². The first-order valence-electron chi connectivity index (χ1n) is 10.3. The Kier molecular flexibility index (Phi) is 8.71. The van der Waals surface area contributed by atoms with Crippen LogP contribution in [0.1, 0.15) is 5.56 Å². The van der Waals surface area contributed by atoms with E-state index in [9.17, 15) is 24.8 Å². The molecule has 0 aliphatic heterocycles. The van der Waals surface area contributed by atoms with E-state index >= 15 is 0 Å². The van der Waals surface area contributed by atoms with Crippen LogP contribution in [0.4, 0.5) is 11.5 Å². The monoisotopic (exact) mass is 533 g/mol. The molecular weight excluding hydrogens is 510 g/mol. The van der Waals surface area contributed by atoms with Crippen LogP contribution in [0.15, 0.2) is 35.7 Å². The molecular formula is C21H23N7O6S2. The zero-order valence-corrected chi connectivity index (χ0v) is 21.2. The lowest BCUT2D eigenvalue weighted by Gasteiger charge is -2.15. The number of H-pyrrole nitrogens is 1. The van der Waals surface area contributed by atoms with Crippen molar-refractivity contribution < 1.29 is 24.4 Å². The summed E-state index contributed by atoms with van der Waals surface area (Å²) in [4.78, 5) is 51.9. The SMILES string of the molecule is CSc1nc(NC(CS)C(=O)O)c([N+](=O)[O-])c(Oc2cc(CC(=O)N(C)C)cc(-c3ncc[nH]3)c2)n1. The number of hydrogen-bond donors (Lipinski definition) is 4. The predicted octanol–water partition coefficient (Wildman–Crippen LogP) is 2.71. The van der Waals surface area contributed by atoms with E-state index < -0.39 is 28.5 Å². The van der Waals surface area contributed by atoms with Gasteiger partial charge in [0, 0.05) is 37.8 Å². The Labute approximate surface area is 215 Å². The number of thioether (sulfide) groups is 1. The number of ether oxygens (including phenoxy) is 1. The molecule has 0 radical (unpaired) electrons. The molecule has 1 unspecified atom stereocenters. The topological polar surface area (TPSA) is 176 Å². The highest BCUT2D eigenvalue weighted by Crippen LogP contribution is 2.38. The van der Waals surface area contributed by atoms with Gasteiger partial charge in [0.2, 0.25) is 11.7 Å². The van der Waals surface area contributed by atoms with Gasteiger partial charge >= 0.3 is 17.5 Å². The summed E-state index contributed by atoms with van der Waals surface area (Å²) in [6, 6.07) is 3.68. The van der Waals surface area contributed by atoms with Gasteiger partial charge in [0.1, 0.15) is 17.6 Å². The number of carboxylic acid groups (broad SMARTS) is 1. The number of aromatic amines is 1. The lowest BCUT2D eigenvalue weighted by Crippen LogP contribution is -2.31. The summed E-state index contributed by atoms with van der Waals surface area (Å²) < 4.78 is 5.87. The zero-order valence-electron chi connectivity index (χ0n) is 19.5. The highest BCUT2D eigenvalue weighted by Gasteiger charge is 2.30. The van der Waals surface area contributed by atoms with Gasteiger partial charge < -0.3 is 25.0 Å². The number of carbonyl (C=O) groups excluding carboxylic acids is 1. The maximum Gasteiger partial charge on any atom is 0.373 e. The Bertz CT molecular complexity index is 1270. The maximum atomic E-state index is 12.3. The summed E-state index contributed by atoms with van der Waals surface area (Å²) in [5, 5.41) is 24.0. The molecule has 0 aliphatic carbocycles. The number of rotatable bonds is 11. The van der Waals surface area contributed by atoms with Gasteiger partial charge in [0.15, 0.2) is 5.16 Å². The highest BCUT2D eigenvalue weighted by atomic mass is 32.2. The number of imidazole rings is 1. The molecule has 0 saturated carbocycles. The fraction of sp³-hybridized carbons (Fsp3) is 0.286. The molecule has 0 fully saturated rings. The van der Waals surface area contributed by atoms with E-state index in [1.54, 1.807) is 50.9 Å². The number of aromatic nitrogens is 4. The lowest BCUT2D eigenvalue weighted by molar-refractivity contribution is -0.385. The van der Waals surface area contributed by atoms with Gasteiger partial charge in [0.05, 0.1) is 11.3 Å². The molecule has 3 N–H and O–H groups in total. The van der Waals surface area contributed by atoms with Crippen LogP contribution in [-0.2, 0) is 16.0 Å². The summed E-state index contributed by atoms with van der Waals surface area (Å²) in [6.45, 7) is 0. The van der Waals surface area contributed by atoms with Crippen LogP contribution in [0, 0.1) is 10.1 Å². The molecule has 15 heteroatoms. The second-order valence-electron chi connectivity index (χ2n) is 7.56. The molecule has 2 aromatic heterocycles. The summed E-state index contributed by atoms with van der Waals surface area (Å²) in [6.07, 6.45) is 4.90. The Morgan fingerprint density at radius 3 is 2.64 bits per heavy atom. The van der Waals surface area contributed by atoms with Crippen molar-refractivity contribution >= 4 is 47.8 Å². The van der Waals surface area contributed by atoms with Gasteiger partial charge in [-0.25, -0.2) is 9.78 Å². The summed E-state index contributed by atoms with van der Waals surface area (Å²) >= 11 is 5.08. The Morgan fingerprint density at radius 1 is 1.33 bits per heavy atom. The third-order valence-corrected chi connectivity index (χ3v) is 5.71. The number of thiol groups is 1. The van der Waals surface area contributed by atoms with Crippen molar-refractivity contribution in [1.29, 1.82) is 0 Å². The van der Waals surface area contributed by atoms with Crippen molar-refractivity contribution in [1.82, 2.24) is 24.8 Å². The van der Waals surface area contributed by atoms with Crippen molar-refractivity contribution in [2.45, 2.75) is 17.6 Å². The normalized spacial score (nSPS) is 11.6. The third kappa shape index (κ3) is 6.42. The fourth-order valence-corrected chi connectivity index (χ4v) is 3.62. The molecule has 0 saturated heterocycles. The summed E-state index contributed by atoms with van der Waals surface area (Å²) in [5.74, 6) is -1.61. The molecule has 190 valence electrons. The zero-order chi connectivity index (χ0) is 26.4. The van der Waals surface area contributed by atoms with Crippen LogP contribution in [0.2, 0.25) is 0 Å². The average molecular weight is 534 g/mol. The molecule has 0 bridgehead atoms. The molecule has 2 heterocycles. The number of hydrogen-bond acceptors (Lipinski definition) is 11. The minimum absolute atomic E-state index is 0.0505. The number of anilines is 1. The van der Waals surface area contributed by atoms with Crippen LogP contribution in [0.25, 0.3) is 11.4 Å². The second-order valence-corrected chi connectivity index (χ2v) is 8.70. The largest absolute Gasteiger partial charge is 0.480 e. The first-order valence-corrected chi connectivity index (χ1v) is 12.2. The standard InChI is InChI=1S/C21H23N7O6S2/c1-27(2)15(29)8-11-6-12(17-22-4-5-23-17)9-13(7-11)34-19-16(28(32)33)18(25-21(26-19)36-3)24-14(10-35)20(30)31/h4-7,9,14,35H,8,10H2,1-3H3,(H,22,23)(H,30,31)(H,24,25,26). The molecule has 1 atom stereocenters. The maximum absolute atomic E-state index is 12.3. The molecule has 0 aliphatic rings. The minimum atomic E-state index is -1.26. The number of aliphatic carboxylic acids is 1. The van der Waals surface area contributed by atoms with Crippen molar-refractivity contribution in [2.24, 2.45) is 0 Å². The number of carboxylic acids is 1. The van der Waals surface area contributed by atoms with Crippen molar-refractivity contribution in [3.8, 4) is 23.0 Å². The number of amides is 1. The van der Waals surface area contributed by atoms with Crippen LogP contribution >= 0.6 is 24.4 Å².